The summed E-state index contributed by atoms with van der Waals surface area (Å²) in [6.45, 7) is 4.81. The zero-order valence-electron chi connectivity index (χ0n) is 8.59. The van der Waals surface area contributed by atoms with E-state index < -0.39 is 0 Å². The van der Waals surface area contributed by atoms with E-state index in [-0.39, 0.29) is 6.04 Å². The third-order valence-corrected chi connectivity index (χ3v) is 2.62. The predicted octanol–water partition coefficient (Wildman–Crippen LogP) is 3.26. The molecular formula is C11H16BrNO. The molecule has 14 heavy (non-hydrogen) atoms. The molecule has 1 atom stereocenters. The number of hydrogen-bond acceptors (Lipinski definition) is 2. The van der Waals surface area contributed by atoms with Crippen LogP contribution in [-0.4, -0.2) is 6.61 Å². The fourth-order valence-electron chi connectivity index (χ4n) is 1.19. The molecule has 78 valence electrons. The summed E-state index contributed by atoms with van der Waals surface area (Å²) in [7, 11) is 0. The highest BCUT2D eigenvalue weighted by Crippen LogP contribution is 2.26. The van der Waals surface area contributed by atoms with Crippen LogP contribution in [-0.2, 0) is 0 Å². The first kappa shape index (κ1) is 11.5. The molecule has 2 N–H and O–H groups in total. The van der Waals surface area contributed by atoms with Gasteiger partial charge in [0.15, 0.2) is 0 Å². The first-order valence-electron chi connectivity index (χ1n) is 4.83. The molecule has 1 aromatic rings. The predicted molar refractivity (Wildman–Crippen MR) is 62.5 cm³/mol. The van der Waals surface area contributed by atoms with Gasteiger partial charge in [-0.05, 0) is 31.0 Å². The van der Waals surface area contributed by atoms with Crippen molar-refractivity contribution in [2.45, 2.75) is 26.3 Å². The van der Waals surface area contributed by atoms with Gasteiger partial charge in [0.25, 0.3) is 0 Å². The highest BCUT2D eigenvalue weighted by Gasteiger charge is 2.05. The van der Waals surface area contributed by atoms with Crippen LogP contribution in [0.4, 0.5) is 0 Å². The van der Waals surface area contributed by atoms with Crippen LogP contribution in [0.2, 0.25) is 0 Å². The zero-order chi connectivity index (χ0) is 10.6. The van der Waals surface area contributed by atoms with Crippen molar-refractivity contribution < 1.29 is 4.74 Å². The first-order chi connectivity index (χ1) is 6.65. The fraction of sp³-hybridized carbons (Fsp3) is 0.455. The van der Waals surface area contributed by atoms with E-state index in [0.29, 0.717) is 0 Å². The van der Waals surface area contributed by atoms with Gasteiger partial charge in [-0.3, -0.25) is 0 Å². The van der Waals surface area contributed by atoms with Crippen LogP contribution in [0, 0.1) is 0 Å². The quantitative estimate of drug-likeness (QED) is 0.899. The Labute approximate surface area is 93.6 Å². The van der Waals surface area contributed by atoms with Gasteiger partial charge in [0, 0.05) is 10.5 Å². The SMILES string of the molecule is CCCOc1ccc(C(C)N)c(Br)c1. The smallest absolute Gasteiger partial charge is 0.120 e. The molecule has 0 radical (unpaired) electrons. The molecule has 1 unspecified atom stereocenters. The van der Waals surface area contributed by atoms with Crippen LogP contribution >= 0.6 is 15.9 Å². The van der Waals surface area contributed by atoms with Crippen LogP contribution in [0.5, 0.6) is 5.75 Å². The lowest BCUT2D eigenvalue weighted by atomic mass is 10.1. The van der Waals surface area contributed by atoms with Gasteiger partial charge in [-0.1, -0.05) is 28.9 Å². The minimum absolute atomic E-state index is 0.0459. The molecule has 0 bridgehead atoms. The van der Waals surface area contributed by atoms with E-state index >= 15 is 0 Å². The molecule has 0 spiro atoms. The minimum Gasteiger partial charge on any atom is -0.494 e. The van der Waals surface area contributed by atoms with Gasteiger partial charge >= 0.3 is 0 Å². The van der Waals surface area contributed by atoms with Crippen molar-refractivity contribution in [1.29, 1.82) is 0 Å². The van der Waals surface area contributed by atoms with E-state index in [1.54, 1.807) is 0 Å². The summed E-state index contributed by atoms with van der Waals surface area (Å²) in [6.07, 6.45) is 1.02. The molecule has 0 heterocycles. The highest BCUT2D eigenvalue weighted by molar-refractivity contribution is 9.10. The van der Waals surface area contributed by atoms with E-state index in [1.807, 2.05) is 25.1 Å². The normalized spacial score (nSPS) is 12.6. The maximum absolute atomic E-state index is 5.79. The average Bonchev–Trinajstić information content (AvgIpc) is 2.14. The standard InChI is InChI=1S/C11H16BrNO/c1-3-6-14-9-4-5-10(8(2)13)11(12)7-9/h4-5,7-8H,3,6,13H2,1-2H3. The molecule has 0 aliphatic heterocycles. The number of halogens is 1. The molecule has 1 rings (SSSR count). The molecule has 0 aliphatic carbocycles. The second-order valence-electron chi connectivity index (χ2n) is 3.32. The topological polar surface area (TPSA) is 35.2 Å². The Hall–Kier alpha value is -0.540. The zero-order valence-corrected chi connectivity index (χ0v) is 10.2. The number of benzene rings is 1. The molecule has 0 aliphatic rings. The summed E-state index contributed by atoms with van der Waals surface area (Å²) in [5.74, 6) is 0.892. The second-order valence-corrected chi connectivity index (χ2v) is 4.17. The van der Waals surface area contributed by atoms with Crippen LogP contribution in [0.1, 0.15) is 31.9 Å². The summed E-state index contributed by atoms with van der Waals surface area (Å²) in [6, 6.07) is 5.97. The molecule has 0 saturated carbocycles. The van der Waals surface area contributed by atoms with Gasteiger partial charge < -0.3 is 10.5 Å². The van der Waals surface area contributed by atoms with E-state index in [1.165, 1.54) is 0 Å². The highest BCUT2D eigenvalue weighted by atomic mass is 79.9. The van der Waals surface area contributed by atoms with E-state index in [2.05, 4.69) is 22.9 Å². The monoisotopic (exact) mass is 257 g/mol. The van der Waals surface area contributed by atoms with E-state index in [0.717, 1.165) is 28.8 Å². The molecule has 3 heteroatoms. The van der Waals surface area contributed by atoms with Crippen LogP contribution in [0.3, 0.4) is 0 Å². The molecule has 0 amide bonds. The van der Waals surface area contributed by atoms with Crippen molar-refractivity contribution >= 4 is 15.9 Å². The summed E-state index contributed by atoms with van der Waals surface area (Å²) < 4.78 is 6.51. The molecule has 1 aromatic carbocycles. The Morgan fingerprint density at radius 2 is 2.21 bits per heavy atom. The summed E-state index contributed by atoms with van der Waals surface area (Å²) in [4.78, 5) is 0. The average molecular weight is 258 g/mol. The number of rotatable bonds is 4. The molecule has 2 nitrogen and oxygen atoms in total. The summed E-state index contributed by atoms with van der Waals surface area (Å²) in [5, 5.41) is 0. The maximum Gasteiger partial charge on any atom is 0.120 e. The van der Waals surface area contributed by atoms with Crippen molar-refractivity contribution in [2.24, 2.45) is 5.73 Å². The Balaban J connectivity index is 2.78. The van der Waals surface area contributed by atoms with Gasteiger partial charge in [-0.15, -0.1) is 0 Å². The van der Waals surface area contributed by atoms with Gasteiger partial charge in [0.05, 0.1) is 6.61 Å². The maximum atomic E-state index is 5.79. The van der Waals surface area contributed by atoms with E-state index in [4.69, 9.17) is 10.5 Å². The molecular weight excluding hydrogens is 242 g/mol. The Kier molecular flexibility index (Phi) is 4.42. The minimum atomic E-state index is 0.0459. The van der Waals surface area contributed by atoms with E-state index in [9.17, 15) is 0 Å². The van der Waals surface area contributed by atoms with Crippen molar-refractivity contribution in [3.05, 3.63) is 28.2 Å². The number of ether oxygens (including phenoxy) is 1. The third-order valence-electron chi connectivity index (χ3n) is 1.94. The number of hydrogen-bond donors (Lipinski definition) is 1. The van der Waals surface area contributed by atoms with Crippen LogP contribution < -0.4 is 10.5 Å². The Bertz CT molecular complexity index is 299. The van der Waals surface area contributed by atoms with Crippen LogP contribution in [0.15, 0.2) is 22.7 Å². The van der Waals surface area contributed by atoms with Crippen molar-refractivity contribution in [3.63, 3.8) is 0 Å². The number of nitrogens with two attached hydrogens (primary N) is 1. The van der Waals surface area contributed by atoms with Crippen molar-refractivity contribution in [1.82, 2.24) is 0 Å². The summed E-state index contributed by atoms with van der Waals surface area (Å²) in [5.41, 5.74) is 6.90. The van der Waals surface area contributed by atoms with Crippen molar-refractivity contribution in [3.8, 4) is 5.75 Å². The van der Waals surface area contributed by atoms with Crippen LogP contribution in [0.25, 0.3) is 0 Å². The lowest BCUT2D eigenvalue weighted by Crippen LogP contribution is -2.06. The third kappa shape index (κ3) is 3.00. The molecule has 0 saturated heterocycles. The van der Waals surface area contributed by atoms with Gasteiger partial charge in [-0.25, -0.2) is 0 Å². The Morgan fingerprint density at radius 3 is 2.71 bits per heavy atom. The second kappa shape index (κ2) is 5.37. The largest absolute Gasteiger partial charge is 0.494 e. The summed E-state index contributed by atoms with van der Waals surface area (Å²) >= 11 is 3.48. The van der Waals surface area contributed by atoms with Gasteiger partial charge in [0.2, 0.25) is 0 Å². The fourth-order valence-corrected chi connectivity index (χ4v) is 1.91. The lowest BCUT2D eigenvalue weighted by Gasteiger charge is -2.10. The lowest BCUT2D eigenvalue weighted by molar-refractivity contribution is 0.317. The Morgan fingerprint density at radius 1 is 1.50 bits per heavy atom. The van der Waals surface area contributed by atoms with Crippen molar-refractivity contribution in [2.75, 3.05) is 6.61 Å². The van der Waals surface area contributed by atoms with Gasteiger partial charge in [-0.2, -0.15) is 0 Å². The van der Waals surface area contributed by atoms with Gasteiger partial charge in [0.1, 0.15) is 5.75 Å². The molecule has 0 aromatic heterocycles. The molecule has 0 fully saturated rings. The first-order valence-corrected chi connectivity index (χ1v) is 5.62.